The van der Waals surface area contributed by atoms with Crippen molar-refractivity contribution in [1.29, 1.82) is 0 Å². The van der Waals surface area contributed by atoms with Crippen molar-refractivity contribution in [3.8, 4) is 157 Å². The second-order valence-electron chi connectivity index (χ2n) is 36.6. The van der Waals surface area contributed by atoms with Crippen molar-refractivity contribution in [3.05, 3.63) is 433 Å². The van der Waals surface area contributed by atoms with Gasteiger partial charge in [0.15, 0.2) is 24.8 Å². The average molecular weight is 1710 g/mol. The van der Waals surface area contributed by atoms with Crippen LogP contribution in [0.3, 0.4) is 0 Å². The topological polar surface area (TPSA) is 31.0 Å². The molecule has 0 amide bonds. The van der Waals surface area contributed by atoms with Crippen LogP contribution in [0.1, 0.15) is 90.0 Å². The van der Waals surface area contributed by atoms with Crippen LogP contribution in [0.5, 0.6) is 0 Å². The van der Waals surface area contributed by atoms with Gasteiger partial charge in [0, 0.05) is 119 Å². The third-order valence-electron chi connectivity index (χ3n) is 26.9. The van der Waals surface area contributed by atoms with E-state index in [9.17, 15) is 0 Å². The summed E-state index contributed by atoms with van der Waals surface area (Å²) in [5, 5.41) is 0. The number of aryl methyl sites for hydroxylation is 11. The highest BCUT2D eigenvalue weighted by Gasteiger charge is 2.33. The Morgan fingerprint density at radius 3 is 0.763 bits per heavy atom. The first-order valence-electron chi connectivity index (χ1n) is 46.1. The highest BCUT2D eigenvalue weighted by Crippen LogP contribution is 2.44. The Kier molecular flexibility index (Phi) is 27.4. The quantitative estimate of drug-likeness (QED) is 0.0916. The van der Waals surface area contributed by atoms with Crippen LogP contribution < -0.4 is 36.5 Å². The molecule has 1 aliphatic carbocycles. The minimum absolute atomic E-state index is 0.506. The fourth-order valence-corrected chi connectivity index (χ4v) is 18.8. The molecule has 1 aliphatic rings. The Morgan fingerprint density at radius 1 is 0.198 bits per heavy atom. The molecule has 18 aromatic rings. The molecule has 10 aromatic carbocycles. The lowest BCUT2D eigenvalue weighted by atomic mass is 9.71. The predicted molar refractivity (Wildman–Crippen MR) is 539 cm³/mol. The Bertz CT molecular complexity index is 6870. The second-order valence-corrected chi connectivity index (χ2v) is 36.6. The van der Waals surface area contributed by atoms with Gasteiger partial charge in [-0.3, -0.25) is 0 Å². The van der Waals surface area contributed by atoms with Gasteiger partial charge < -0.3 is 0 Å². The molecule has 0 aliphatic heterocycles. The minimum Gasteiger partial charge on any atom is -0.196 e. The van der Waals surface area contributed by atoms with Crippen LogP contribution in [0.15, 0.2) is 389 Å². The van der Waals surface area contributed by atoms with Gasteiger partial charge in [-0.25, -0.2) is 0 Å². The Hall–Kier alpha value is -14.6. The summed E-state index contributed by atoms with van der Waals surface area (Å²) < 4.78 is 18.0. The van der Waals surface area contributed by atoms with Gasteiger partial charge in [0.25, 0.3) is 45.6 Å². The van der Waals surface area contributed by atoms with E-state index in [1.54, 1.807) is 0 Å². The number of benzene rings is 10. The fourth-order valence-electron chi connectivity index (χ4n) is 18.8. The SMILES string of the molecule is Cc1ccc(-c2cc(-c3ccccc3C)[n+](C)c(-c3cccc[n+]3C)c2)c(C)c1.Cc1ccc(-c2ccc(-c3cc(-c4ccccc4C)[n+](C)c(-c4cccc[n+]4C)c3)cc2)cc1.Cc1ccccc1-c1cc(-c2ccc(-c3ccccc3)cc2)cc(-c2cccc[n+]2C)[n+]1C.Cc1ccccc1-c1cc(-c2ccc(C3CCC(C)(C)CC3)cc2)cc(-c2cccc[n+]2C)[n+]1C. The molecule has 1 fully saturated rings. The lowest BCUT2D eigenvalue weighted by molar-refractivity contribution is -0.685. The number of hydrogen-bond acceptors (Lipinski definition) is 0. The standard InChI is InChI=1S/C33H38N2.C32H30N2.C31H28N2.C27H28N2/c1-24-10-6-7-11-29(24)31-22-28(23-32(35(31)5)30-12-8-9-21-34(30)4)26-15-13-25(14-16-26)27-17-19-33(2,3)20-18-27;1-23-12-14-25(15-13-23)26-16-18-27(19-17-26)28-21-31(29-10-6-5-9-24(29)2)34(4)32(22-28)30-11-7-8-20-33(30)3;1-23-11-7-8-14-28(23)30-21-27(22-31(33(30)3)29-15-9-10-20-32(29)2)26-18-16-25(17-19-26)24-12-5-4-6-13-24;1-19-13-14-23(21(3)16-19)22-17-26(24-11-7-6-10-20(24)2)29(5)27(18-22)25-12-8-9-15-28(25)4/h6-16,21-23,27H,17-20H2,1-5H3;5-22H,1-4H3;4-22H,1-3H3;6-18H,1-5H3/q4*+2. The third kappa shape index (κ3) is 20.3. The predicted octanol–water partition coefficient (Wildman–Crippen LogP) is 25.5. The van der Waals surface area contributed by atoms with Crippen molar-refractivity contribution in [3.63, 3.8) is 0 Å². The summed E-state index contributed by atoms with van der Waals surface area (Å²) in [5.74, 6) is 0.701. The van der Waals surface area contributed by atoms with Crippen molar-refractivity contribution in [2.45, 2.75) is 93.9 Å². The molecule has 8 nitrogen and oxygen atoms in total. The van der Waals surface area contributed by atoms with E-state index in [2.05, 4.69) is 544 Å². The molecule has 0 bridgehead atoms. The Balaban J connectivity index is 0.000000128. The lowest BCUT2D eigenvalue weighted by Crippen LogP contribution is -2.40. The molecule has 0 saturated heterocycles. The second kappa shape index (κ2) is 40.0. The van der Waals surface area contributed by atoms with Crippen molar-refractivity contribution < 1.29 is 36.5 Å². The molecule has 0 spiro atoms. The molecule has 131 heavy (non-hydrogen) atoms. The number of hydrogen-bond donors (Lipinski definition) is 0. The molecule has 8 heterocycles. The largest absolute Gasteiger partial charge is 0.278 e. The van der Waals surface area contributed by atoms with E-state index in [0.29, 0.717) is 11.3 Å². The summed E-state index contributed by atoms with van der Waals surface area (Å²) >= 11 is 0. The molecule has 8 heteroatoms. The van der Waals surface area contributed by atoms with Crippen molar-refractivity contribution >= 4 is 0 Å². The van der Waals surface area contributed by atoms with Crippen LogP contribution in [0.2, 0.25) is 0 Å². The van der Waals surface area contributed by atoms with Crippen LogP contribution >= 0.6 is 0 Å². The van der Waals surface area contributed by atoms with Gasteiger partial charge in [-0.05, 0) is 234 Å². The fraction of sp³-hybridized carbons (Fsp3) is 0.187. The maximum absolute atomic E-state index is 2.41. The maximum atomic E-state index is 2.41. The molecule has 0 radical (unpaired) electrons. The van der Waals surface area contributed by atoms with E-state index in [1.165, 1.54) is 228 Å². The molecule has 1 saturated carbocycles. The van der Waals surface area contributed by atoms with Gasteiger partial charge in [-0.1, -0.05) is 243 Å². The summed E-state index contributed by atoms with van der Waals surface area (Å²) in [7, 11) is 17.1. The minimum atomic E-state index is 0.506. The average Bonchev–Trinajstić information content (AvgIpc) is 0.781. The van der Waals surface area contributed by atoms with Crippen LogP contribution in [0.25, 0.3) is 157 Å². The molecule has 0 atom stereocenters. The third-order valence-corrected chi connectivity index (χ3v) is 26.9. The molecular weight excluding hydrogens is 1590 g/mol. The summed E-state index contributed by atoms with van der Waals surface area (Å²) in [6.07, 6.45) is 13.7. The van der Waals surface area contributed by atoms with E-state index in [4.69, 9.17) is 0 Å². The highest BCUT2D eigenvalue weighted by atomic mass is 15.0. The van der Waals surface area contributed by atoms with Gasteiger partial charge in [-0.2, -0.15) is 36.5 Å². The molecule has 648 valence electrons. The molecule has 0 unspecified atom stereocenters. The van der Waals surface area contributed by atoms with E-state index >= 15 is 0 Å². The van der Waals surface area contributed by atoms with Crippen molar-refractivity contribution in [2.75, 3.05) is 0 Å². The van der Waals surface area contributed by atoms with Crippen LogP contribution in [0.4, 0.5) is 0 Å². The monoisotopic (exact) mass is 1710 g/mol. The molecule has 19 rings (SSSR count). The lowest BCUT2D eigenvalue weighted by Gasteiger charge is -2.34. The number of nitrogens with zero attached hydrogens (tertiary/aromatic N) is 8. The normalized spacial score (nSPS) is 12.2. The first-order valence-corrected chi connectivity index (χ1v) is 46.1. The summed E-state index contributed by atoms with van der Waals surface area (Å²) in [6.45, 7) is 20.0. The Morgan fingerprint density at radius 2 is 0.450 bits per heavy atom. The molecular formula is C123H124N8+8. The van der Waals surface area contributed by atoms with Gasteiger partial charge in [0.2, 0.25) is 22.8 Å². The first-order chi connectivity index (χ1) is 63.4. The summed E-state index contributed by atoms with van der Waals surface area (Å²) in [6, 6.07) is 132. The zero-order valence-electron chi connectivity index (χ0n) is 79.4. The Labute approximate surface area is 777 Å². The highest BCUT2D eigenvalue weighted by molar-refractivity contribution is 5.81. The van der Waals surface area contributed by atoms with Gasteiger partial charge in [0.05, 0.1) is 0 Å². The zero-order valence-corrected chi connectivity index (χ0v) is 79.4. The van der Waals surface area contributed by atoms with E-state index < -0.39 is 0 Å². The number of rotatable bonds is 15. The van der Waals surface area contributed by atoms with Crippen LogP contribution in [-0.2, 0) is 56.4 Å². The zero-order chi connectivity index (χ0) is 91.6. The first kappa shape index (κ1) is 89.8. The number of aromatic nitrogens is 8. The summed E-state index contributed by atoms with van der Waals surface area (Å²) in [5.41, 5.74) is 45.3. The van der Waals surface area contributed by atoms with Crippen LogP contribution in [0, 0.1) is 53.9 Å². The number of pyridine rings is 8. The van der Waals surface area contributed by atoms with Gasteiger partial charge in [-0.15, -0.1) is 0 Å². The van der Waals surface area contributed by atoms with Crippen molar-refractivity contribution in [2.24, 2.45) is 61.8 Å². The van der Waals surface area contributed by atoms with Crippen LogP contribution in [-0.4, -0.2) is 0 Å². The molecule has 8 aromatic heterocycles. The van der Waals surface area contributed by atoms with E-state index in [0.717, 1.165) is 0 Å². The summed E-state index contributed by atoms with van der Waals surface area (Å²) in [4.78, 5) is 0. The smallest absolute Gasteiger partial charge is 0.196 e. The maximum Gasteiger partial charge on any atom is 0.278 e. The molecule has 0 N–H and O–H groups in total. The van der Waals surface area contributed by atoms with E-state index in [1.807, 2.05) is 0 Å². The van der Waals surface area contributed by atoms with Gasteiger partial charge >= 0.3 is 0 Å². The van der Waals surface area contributed by atoms with Gasteiger partial charge in [0.1, 0.15) is 56.4 Å². The van der Waals surface area contributed by atoms with Crippen molar-refractivity contribution in [1.82, 2.24) is 0 Å². The van der Waals surface area contributed by atoms with E-state index in [-0.39, 0.29) is 0 Å².